The van der Waals surface area contributed by atoms with Crippen molar-refractivity contribution in [1.29, 1.82) is 0 Å². The van der Waals surface area contributed by atoms with Crippen LogP contribution >= 0.6 is 0 Å². The third-order valence-electron chi connectivity index (χ3n) is 2.92. The molecule has 0 aliphatic rings. The summed E-state index contributed by atoms with van der Waals surface area (Å²) in [7, 11) is 0. The van der Waals surface area contributed by atoms with Crippen LogP contribution in [0.1, 0.15) is 18.0 Å². The minimum Gasteiger partial charge on any atom is -0.494 e. The molecule has 0 aliphatic heterocycles. The molecule has 0 aliphatic carbocycles. The second-order valence-corrected chi connectivity index (χ2v) is 4.33. The lowest BCUT2D eigenvalue weighted by Crippen LogP contribution is -2.14. The Labute approximate surface area is 117 Å². The first-order valence-electron chi connectivity index (χ1n) is 6.25. The number of hydrogen-bond acceptors (Lipinski definition) is 4. The topological polar surface area (TPSA) is 78.4 Å². The molecule has 1 atom stereocenters. The number of ether oxygens (including phenoxy) is 1. The third kappa shape index (κ3) is 3.80. The molecule has 2 rings (SSSR count). The van der Waals surface area contributed by atoms with Gasteiger partial charge in [-0.1, -0.05) is 24.3 Å². The van der Waals surface area contributed by atoms with E-state index in [2.05, 4.69) is 6.07 Å². The molecule has 2 aromatic carbocycles. The van der Waals surface area contributed by atoms with Gasteiger partial charge in [-0.05, 0) is 23.8 Å². The maximum atomic E-state index is 10.5. The number of nitro benzene ring substituents is 1. The molecule has 5 heteroatoms. The largest absolute Gasteiger partial charge is 0.494 e. The SMILES string of the molecule is N[C@H](CCOc1ccc([N+](=O)[O-])cc1)c1cc[c]cc1. The van der Waals surface area contributed by atoms with E-state index in [1.807, 2.05) is 24.3 Å². The summed E-state index contributed by atoms with van der Waals surface area (Å²) >= 11 is 0. The molecule has 0 saturated carbocycles. The Morgan fingerprint density at radius 3 is 2.45 bits per heavy atom. The monoisotopic (exact) mass is 271 g/mol. The van der Waals surface area contributed by atoms with Crippen LogP contribution in [0.2, 0.25) is 0 Å². The van der Waals surface area contributed by atoms with Gasteiger partial charge in [0.05, 0.1) is 11.5 Å². The molecule has 0 aromatic heterocycles. The first-order chi connectivity index (χ1) is 9.66. The molecule has 0 unspecified atom stereocenters. The van der Waals surface area contributed by atoms with Gasteiger partial charge >= 0.3 is 0 Å². The van der Waals surface area contributed by atoms with Crippen LogP contribution in [0.4, 0.5) is 5.69 Å². The predicted octanol–water partition coefficient (Wildman–Crippen LogP) is 2.86. The van der Waals surface area contributed by atoms with Crippen LogP contribution in [0.15, 0.2) is 48.5 Å². The van der Waals surface area contributed by atoms with Gasteiger partial charge in [-0.25, -0.2) is 0 Å². The van der Waals surface area contributed by atoms with Gasteiger partial charge < -0.3 is 10.5 Å². The van der Waals surface area contributed by atoms with E-state index in [0.29, 0.717) is 18.8 Å². The van der Waals surface area contributed by atoms with E-state index in [1.54, 1.807) is 12.1 Å². The lowest BCUT2D eigenvalue weighted by molar-refractivity contribution is -0.384. The summed E-state index contributed by atoms with van der Waals surface area (Å²) in [6.07, 6.45) is 0.668. The van der Waals surface area contributed by atoms with Crippen molar-refractivity contribution in [3.05, 3.63) is 70.3 Å². The van der Waals surface area contributed by atoms with Gasteiger partial charge in [0, 0.05) is 24.6 Å². The molecule has 0 amide bonds. The first kappa shape index (κ1) is 14.0. The fraction of sp³-hybridized carbons (Fsp3) is 0.200. The lowest BCUT2D eigenvalue weighted by Gasteiger charge is -2.12. The molecule has 0 spiro atoms. The average Bonchev–Trinajstić information content (AvgIpc) is 2.48. The molecular formula is C15H15N2O3. The number of non-ortho nitro benzene ring substituents is 1. The Hall–Kier alpha value is -2.40. The van der Waals surface area contributed by atoms with Gasteiger partial charge in [0.25, 0.3) is 5.69 Å². The highest BCUT2D eigenvalue weighted by atomic mass is 16.6. The molecule has 103 valence electrons. The van der Waals surface area contributed by atoms with E-state index in [0.717, 1.165) is 5.56 Å². The summed E-state index contributed by atoms with van der Waals surface area (Å²) in [5, 5.41) is 10.5. The summed E-state index contributed by atoms with van der Waals surface area (Å²) in [6, 6.07) is 16.4. The Kier molecular flexibility index (Phi) is 4.68. The highest BCUT2D eigenvalue weighted by Gasteiger charge is 2.07. The zero-order valence-electron chi connectivity index (χ0n) is 10.9. The summed E-state index contributed by atoms with van der Waals surface area (Å²) < 4.78 is 5.52. The smallest absolute Gasteiger partial charge is 0.269 e. The summed E-state index contributed by atoms with van der Waals surface area (Å²) in [4.78, 5) is 10.1. The second kappa shape index (κ2) is 6.68. The number of nitrogens with two attached hydrogens (primary N) is 1. The molecule has 0 bridgehead atoms. The molecule has 1 radical (unpaired) electrons. The molecule has 5 nitrogen and oxygen atoms in total. The maximum Gasteiger partial charge on any atom is 0.269 e. The van der Waals surface area contributed by atoms with Crippen molar-refractivity contribution in [1.82, 2.24) is 0 Å². The Morgan fingerprint density at radius 2 is 1.85 bits per heavy atom. The van der Waals surface area contributed by atoms with Gasteiger partial charge in [0.2, 0.25) is 0 Å². The third-order valence-corrected chi connectivity index (χ3v) is 2.92. The number of nitro groups is 1. The van der Waals surface area contributed by atoms with E-state index >= 15 is 0 Å². The summed E-state index contributed by atoms with van der Waals surface area (Å²) in [5.41, 5.74) is 7.13. The van der Waals surface area contributed by atoms with Gasteiger partial charge in [0.1, 0.15) is 5.75 Å². The minimum absolute atomic E-state index is 0.0505. The van der Waals surface area contributed by atoms with E-state index < -0.39 is 4.92 Å². The Morgan fingerprint density at radius 1 is 1.20 bits per heavy atom. The van der Waals surface area contributed by atoms with Gasteiger partial charge in [-0.15, -0.1) is 0 Å². The molecule has 20 heavy (non-hydrogen) atoms. The van der Waals surface area contributed by atoms with E-state index in [1.165, 1.54) is 12.1 Å². The van der Waals surface area contributed by atoms with Crippen LogP contribution in [0.3, 0.4) is 0 Å². The first-order valence-corrected chi connectivity index (χ1v) is 6.25. The van der Waals surface area contributed by atoms with E-state index in [4.69, 9.17) is 10.5 Å². The van der Waals surface area contributed by atoms with Gasteiger partial charge in [-0.3, -0.25) is 10.1 Å². The van der Waals surface area contributed by atoms with Crippen LogP contribution < -0.4 is 10.5 Å². The molecule has 0 heterocycles. The molecule has 2 N–H and O–H groups in total. The number of rotatable bonds is 6. The fourth-order valence-corrected chi connectivity index (χ4v) is 1.78. The van der Waals surface area contributed by atoms with Crippen molar-refractivity contribution in [2.45, 2.75) is 12.5 Å². The summed E-state index contributed by atoms with van der Waals surface area (Å²) in [6.45, 7) is 0.456. The highest BCUT2D eigenvalue weighted by Crippen LogP contribution is 2.19. The fourth-order valence-electron chi connectivity index (χ4n) is 1.78. The van der Waals surface area contributed by atoms with Crippen molar-refractivity contribution < 1.29 is 9.66 Å². The molecule has 2 aromatic rings. The van der Waals surface area contributed by atoms with Crippen molar-refractivity contribution in [2.75, 3.05) is 6.61 Å². The number of benzene rings is 2. The summed E-state index contributed by atoms with van der Waals surface area (Å²) in [5.74, 6) is 0.601. The van der Waals surface area contributed by atoms with E-state index in [-0.39, 0.29) is 11.7 Å². The van der Waals surface area contributed by atoms with Gasteiger partial charge in [-0.2, -0.15) is 0 Å². The standard InChI is InChI=1S/C15H15N2O3/c16-15(12-4-2-1-3-5-12)10-11-20-14-8-6-13(7-9-14)17(18)19/h2-9,15H,10-11,16H2/t15-/m1/s1. The van der Waals surface area contributed by atoms with E-state index in [9.17, 15) is 10.1 Å². The quantitative estimate of drug-likeness (QED) is 0.647. The molecular weight excluding hydrogens is 256 g/mol. The van der Waals surface area contributed by atoms with Crippen molar-refractivity contribution >= 4 is 5.69 Å². The van der Waals surface area contributed by atoms with Crippen molar-refractivity contribution in [2.24, 2.45) is 5.73 Å². The van der Waals surface area contributed by atoms with Crippen LogP contribution in [0.25, 0.3) is 0 Å². The molecule has 0 saturated heterocycles. The van der Waals surface area contributed by atoms with Crippen molar-refractivity contribution in [3.8, 4) is 5.75 Å². The van der Waals surface area contributed by atoms with Gasteiger partial charge in [0.15, 0.2) is 0 Å². The Bertz CT molecular complexity index is 555. The lowest BCUT2D eigenvalue weighted by atomic mass is 10.1. The number of nitrogens with zero attached hydrogens (tertiary/aromatic N) is 1. The zero-order valence-corrected chi connectivity index (χ0v) is 10.9. The second-order valence-electron chi connectivity index (χ2n) is 4.33. The molecule has 0 fully saturated rings. The van der Waals surface area contributed by atoms with Crippen molar-refractivity contribution in [3.63, 3.8) is 0 Å². The van der Waals surface area contributed by atoms with Crippen LogP contribution in [-0.2, 0) is 0 Å². The maximum absolute atomic E-state index is 10.5. The zero-order chi connectivity index (χ0) is 14.4. The van der Waals surface area contributed by atoms with Crippen LogP contribution in [0, 0.1) is 16.2 Å². The average molecular weight is 271 g/mol. The Balaban J connectivity index is 1.82. The predicted molar refractivity (Wildman–Crippen MR) is 75.4 cm³/mol. The van der Waals surface area contributed by atoms with Crippen LogP contribution in [-0.4, -0.2) is 11.5 Å². The van der Waals surface area contributed by atoms with Crippen LogP contribution in [0.5, 0.6) is 5.75 Å². The minimum atomic E-state index is -0.438. The normalized spacial score (nSPS) is 11.8. The number of hydrogen-bond donors (Lipinski definition) is 1. The highest BCUT2D eigenvalue weighted by molar-refractivity contribution is 5.35.